The third-order valence-electron chi connectivity index (χ3n) is 3.60. The van der Waals surface area contributed by atoms with Crippen LogP contribution in [0.4, 0.5) is 0 Å². The lowest BCUT2D eigenvalue weighted by Gasteiger charge is -2.20. The molecule has 1 aliphatic heterocycles. The molecule has 0 amide bonds. The van der Waals surface area contributed by atoms with E-state index in [4.69, 9.17) is 17.0 Å². The summed E-state index contributed by atoms with van der Waals surface area (Å²) in [6.07, 6.45) is 4.36. The van der Waals surface area contributed by atoms with Crippen LogP contribution in [0.25, 0.3) is 11.2 Å². The highest BCUT2D eigenvalue weighted by Crippen LogP contribution is 2.27. The first-order chi connectivity index (χ1) is 8.66. The Labute approximate surface area is 111 Å². The number of H-pyrrole nitrogens is 1. The van der Waals surface area contributed by atoms with Crippen molar-refractivity contribution in [2.45, 2.75) is 38.8 Å². The first-order valence-electron chi connectivity index (χ1n) is 6.35. The number of fused-ring (bicyclic) bond motifs is 1. The number of rotatable bonds is 2. The van der Waals surface area contributed by atoms with Crippen molar-refractivity contribution >= 4 is 23.4 Å². The zero-order valence-corrected chi connectivity index (χ0v) is 11.5. The summed E-state index contributed by atoms with van der Waals surface area (Å²) in [5.74, 6) is 0. The topological polar surface area (TPSA) is 42.8 Å². The molecule has 5 heteroatoms. The molecule has 0 spiro atoms. The minimum atomic E-state index is 0.226. The first kappa shape index (κ1) is 11.9. The highest BCUT2D eigenvalue weighted by molar-refractivity contribution is 7.71. The zero-order chi connectivity index (χ0) is 12.7. The Hall–Kier alpha value is -1.20. The Bertz CT molecular complexity index is 625. The summed E-state index contributed by atoms with van der Waals surface area (Å²) >= 11 is 5.42. The van der Waals surface area contributed by atoms with Crippen LogP contribution in [-0.2, 0) is 4.74 Å². The van der Waals surface area contributed by atoms with E-state index < -0.39 is 0 Å². The van der Waals surface area contributed by atoms with Crippen molar-refractivity contribution in [2.24, 2.45) is 0 Å². The Kier molecular flexibility index (Phi) is 2.95. The van der Waals surface area contributed by atoms with Crippen molar-refractivity contribution in [3.63, 3.8) is 0 Å². The second kappa shape index (κ2) is 4.48. The van der Waals surface area contributed by atoms with Crippen LogP contribution in [0.1, 0.15) is 31.4 Å². The van der Waals surface area contributed by atoms with Crippen LogP contribution in [0.15, 0.2) is 12.3 Å². The number of hydrogen-bond donors (Lipinski definition) is 1. The largest absolute Gasteiger partial charge is 0.376 e. The van der Waals surface area contributed by atoms with Crippen molar-refractivity contribution < 1.29 is 4.74 Å². The molecule has 1 saturated heterocycles. The number of nitrogens with zero attached hydrogens (tertiary/aromatic N) is 2. The van der Waals surface area contributed by atoms with Gasteiger partial charge in [-0.1, -0.05) is 0 Å². The van der Waals surface area contributed by atoms with Gasteiger partial charge in [-0.3, -0.25) is 4.57 Å². The van der Waals surface area contributed by atoms with Gasteiger partial charge in [0.2, 0.25) is 0 Å². The Morgan fingerprint density at radius 2 is 2.44 bits per heavy atom. The molecule has 0 bridgehead atoms. The van der Waals surface area contributed by atoms with Gasteiger partial charge in [0, 0.05) is 12.8 Å². The number of hydrogen-bond acceptors (Lipinski definition) is 3. The van der Waals surface area contributed by atoms with E-state index >= 15 is 0 Å². The van der Waals surface area contributed by atoms with E-state index in [2.05, 4.69) is 27.5 Å². The van der Waals surface area contributed by atoms with E-state index in [1.54, 1.807) is 0 Å². The molecule has 2 aromatic heterocycles. The molecule has 2 atom stereocenters. The maximum absolute atomic E-state index is 5.76. The van der Waals surface area contributed by atoms with Gasteiger partial charge in [0.05, 0.1) is 17.7 Å². The average Bonchev–Trinajstić information content (AvgIpc) is 2.94. The molecule has 0 saturated carbocycles. The summed E-state index contributed by atoms with van der Waals surface area (Å²) < 4.78 is 8.57. The number of aromatic nitrogens is 3. The molecule has 2 aromatic rings. The minimum Gasteiger partial charge on any atom is -0.376 e. The smallest absolute Gasteiger partial charge is 0.179 e. The Morgan fingerprint density at radius 1 is 1.61 bits per heavy atom. The highest BCUT2D eigenvalue weighted by Gasteiger charge is 2.25. The van der Waals surface area contributed by atoms with Crippen molar-refractivity contribution in [1.82, 2.24) is 14.5 Å². The standard InChI is InChI=1S/C13H17N3OS/c1-8-6-10-12(14-7-8)16(13(18)15-10)9(2)11-4-3-5-17-11/h6-7,9,11H,3-5H2,1-2H3,(H,15,18). The van der Waals surface area contributed by atoms with Gasteiger partial charge < -0.3 is 9.72 Å². The second-order valence-electron chi connectivity index (χ2n) is 4.98. The number of aromatic amines is 1. The number of nitrogens with one attached hydrogen (secondary N) is 1. The average molecular weight is 263 g/mol. The van der Waals surface area contributed by atoms with E-state index in [1.807, 2.05) is 13.1 Å². The predicted molar refractivity (Wildman–Crippen MR) is 73.3 cm³/mol. The molecule has 0 aromatic carbocycles. The molecular weight excluding hydrogens is 246 g/mol. The molecule has 18 heavy (non-hydrogen) atoms. The summed E-state index contributed by atoms with van der Waals surface area (Å²) in [6, 6.07) is 2.31. The van der Waals surface area contributed by atoms with Crippen LogP contribution < -0.4 is 0 Å². The van der Waals surface area contributed by atoms with E-state index in [9.17, 15) is 0 Å². The van der Waals surface area contributed by atoms with Crippen LogP contribution in [0.2, 0.25) is 0 Å². The lowest BCUT2D eigenvalue weighted by Crippen LogP contribution is -2.21. The van der Waals surface area contributed by atoms with Crippen LogP contribution in [0, 0.1) is 11.7 Å². The lowest BCUT2D eigenvalue weighted by molar-refractivity contribution is 0.0739. The maximum atomic E-state index is 5.76. The van der Waals surface area contributed by atoms with Gasteiger partial charge in [-0.25, -0.2) is 4.98 Å². The summed E-state index contributed by atoms with van der Waals surface area (Å²) in [5, 5.41) is 0. The van der Waals surface area contributed by atoms with E-state index in [0.29, 0.717) is 0 Å². The van der Waals surface area contributed by atoms with Crippen LogP contribution in [0.5, 0.6) is 0 Å². The Morgan fingerprint density at radius 3 is 3.17 bits per heavy atom. The minimum absolute atomic E-state index is 0.226. The predicted octanol–water partition coefficient (Wildman–Crippen LogP) is 3.14. The molecule has 3 heterocycles. The van der Waals surface area contributed by atoms with Gasteiger partial charge in [0.15, 0.2) is 10.4 Å². The van der Waals surface area contributed by atoms with E-state index in [-0.39, 0.29) is 12.1 Å². The van der Waals surface area contributed by atoms with Gasteiger partial charge >= 0.3 is 0 Å². The van der Waals surface area contributed by atoms with Crippen LogP contribution in [-0.4, -0.2) is 27.2 Å². The third-order valence-corrected chi connectivity index (χ3v) is 3.90. The molecule has 1 aliphatic rings. The molecule has 3 rings (SSSR count). The molecule has 2 unspecified atom stereocenters. The number of imidazole rings is 1. The lowest BCUT2D eigenvalue weighted by atomic mass is 10.1. The van der Waals surface area contributed by atoms with Crippen LogP contribution in [0.3, 0.4) is 0 Å². The fourth-order valence-corrected chi connectivity index (χ4v) is 3.01. The molecule has 4 nitrogen and oxygen atoms in total. The molecule has 96 valence electrons. The van der Waals surface area contributed by atoms with Gasteiger partial charge in [-0.05, 0) is 50.5 Å². The summed E-state index contributed by atoms with van der Waals surface area (Å²) in [4.78, 5) is 7.74. The van der Waals surface area contributed by atoms with Crippen LogP contribution >= 0.6 is 12.2 Å². The van der Waals surface area contributed by atoms with Crippen molar-refractivity contribution in [2.75, 3.05) is 6.61 Å². The number of aryl methyl sites for hydroxylation is 1. The number of pyridine rings is 1. The van der Waals surface area contributed by atoms with Gasteiger partial charge in [-0.15, -0.1) is 0 Å². The normalized spacial score (nSPS) is 21.6. The molecule has 0 aliphatic carbocycles. The van der Waals surface area contributed by atoms with Crippen molar-refractivity contribution in [3.05, 3.63) is 22.6 Å². The quantitative estimate of drug-likeness (QED) is 0.846. The van der Waals surface area contributed by atoms with E-state index in [0.717, 1.165) is 40.9 Å². The van der Waals surface area contributed by atoms with Crippen molar-refractivity contribution in [1.29, 1.82) is 0 Å². The SMILES string of the molecule is Cc1cnc2c(c1)[nH]c(=S)n2C(C)C1CCCO1. The van der Waals surface area contributed by atoms with Gasteiger partial charge in [-0.2, -0.15) is 0 Å². The van der Waals surface area contributed by atoms with Gasteiger partial charge in [0.25, 0.3) is 0 Å². The summed E-state index contributed by atoms with van der Waals surface area (Å²) in [6.45, 7) is 5.04. The van der Waals surface area contributed by atoms with E-state index in [1.165, 1.54) is 0 Å². The summed E-state index contributed by atoms with van der Waals surface area (Å²) in [7, 11) is 0. The molecule has 0 radical (unpaired) electrons. The maximum Gasteiger partial charge on any atom is 0.179 e. The zero-order valence-electron chi connectivity index (χ0n) is 10.6. The van der Waals surface area contributed by atoms with Gasteiger partial charge in [0.1, 0.15) is 0 Å². The molecule has 1 fully saturated rings. The van der Waals surface area contributed by atoms with Crippen molar-refractivity contribution in [3.8, 4) is 0 Å². The number of ether oxygens (including phenoxy) is 1. The second-order valence-corrected chi connectivity index (χ2v) is 5.36. The monoisotopic (exact) mass is 263 g/mol. The summed E-state index contributed by atoms with van der Waals surface area (Å²) in [5.41, 5.74) is 3.06. The first-order valence-corrected chi connectivity index (χ1v) is 6.76. The molecular formula is C13H17N3OS. The third kappa shape index (κ3) is 1.87. The Balaban J connectivity index is 2.10. The highest BCUT2D eigenvalue weighted by atomic mass is 32.1. The fraction of sp³-hybridized carbons (Fsp3) is 0.538. The fourth-order valence-electron chi connectivity index (χ4n) is 2.64. The molecule has 1 N–H and O–H groups in total.